The van der Waals surface area contributed by atoms with Gasteiger partial charge in [0.2, 0.25) is 0 Å². The average molecular weight is 464 g/mol. The van der Waals surface area contributed by atoms with Crippen LogP contribution in [-0.4, -0.2) is 51.6 Å². The molecule has 4 aromatic rings. The molecule has 3 heterocycles. The van der Waals surface area contributed by atoms with Crippen molar-refractivity contribution >= 4 is 36.0 Å². The van der Waals surface area contributed by atoms with Crippen molar-refractivity contribution in [1.29, 1.82) is 0 Å². The first-order chi connectivity index (χ1) is 15.8. The van der Waals surface area contributed by atoms with Gasteiger partial charge in [0.25, 0.3) is 0 Å². The summed E-state index contributed by atoms with van der Waals surface area (Å²) in [6.07, 6.45) is 6.75. The smallest absolute Gasteiger partial charge is 0.340 e. The van der Waals surface area contributed by atoms with Crippen molar-refractivity contribution in [2.45, 2.75) is 32.4 Å². The SMILES string of the molecule is C=CCOC(=O)c1cn(COCC[Si](C)(C)C)c2ncnc(-c3ccc4cn(C)nc4c3)c12. The molecule has 0 aliphatic heterocycles. The molecule has 0 fully saturated rings. The summed E-state index contributed by atoms with van der Waals surface area (Å²) >= 11 is 0. The van der Waals surface area contributed by atoms with E-state index in [-0.39, 0.29) is 6.61 Å². The van der Waals surface area contributed by atoms with Gasteiger partial charge in [0.05, 0.1) is 22.2 Å². The maximum absolute atomic E-state index is 12.9. The molecule has 0 amide bonds. The van der Waals surface area contributed by atoms with Crippen molar-refractivity contribution in [3.63, 3.8) is 0 Å². The molecular weight excluding hydrogens is 434 g/mol. The van der Waals surface area contributed by atoms with Crippen LogP contribution >= 0.6 is 0 Å². The number of benzene rings is 1. The quantitative estimate of drug-likeness (QED) is 0.156. The molecule has 0 saturated carbocycles. The van der Waals surface area contributed by atoms with Crippen LogP contribution in [0.3, 0.4) is 0 Å². The Morgan fingerprint density at radius 1 is 1.21 bits per heavy atom. The van der Waals surface area contributed by atoms with Crippen LogP contribution in [-0.2, 0) is 23.3 Å². The van der Waals surface area contributed by atoms with E-state index in [2.05, 4.69) is 41.3 Å². The summed E-state index contributed by atoms with van der Waals surface area (Å²) in [5.41, 5.74) is 3.38. The number of aryl methyl sites for hydroxylation is 1. The van der Waals surface area contributed by atoms with E-state index in [1.807, 2.05) is 36.0 Å². The van der Waals surface area contributed by atoms with Gasteiger partial charge in [-0.1, -0.05) is 44.4 Å². The van der Waals surface area contributed by atoms with Gasteiger partial charge in [0.1, 0.15) is 25.3 Å². The van der Waals surface area contributed by atoms with E-state index in [9.17, 15) is 4.79 Å². The molecule has 0 unspecified atom stereocenters. The summed E-state index contributed by atoms with van der Waals surface area (Å²) in [4.78, 5) is 21.9. The highest BCUT2D eigenvalue weighted by molar-refractivity contribution is 6.76. The first-order valence-corrected chi connectivity index (χ1v) is 14.6. The highest BCUT2D eigenvalue weighted by atomic mass is 28.3. The number of ether oxygens (including phenoxy) is 2. The van der Waals surface area contributed by atoms with Crippen molar-refractivity contribution < 1.29 is 14.3 Å². The molecule has 0 spiro atoms. The summed E-state index contributed by atoms with van der Waals surface area (Å²) in [7, 11) is 0.686. The number of carbonyl (C=O) groups excluding carboxylic acids is 1. The number of hydrogen-bond donors (Lipinski definition) is 0. The molecule has 3 aromatic heterocycles. The molecule has 33 heavy (non-hydrogen) atoms. The molecule has 8 nitrogen and oxygen atoms in total. The van der Waals surface area contributed by atoms with Gasteiger partial charge in [-0.3, -0.25) is 4.68 Å². The lowest BCUT2D eigenvalue weighted by Gasteiger charge is -2.15. The normalized spacial score (nSPS) is 11.9. The molecule has 4 rings (SSSR count). The lowest BCUT2D eigenvalue weighted by molar-refractivity contribution is 0.0550. The molecule has 1 aromatic carbocycles. The largest absolute Gasteiger partial charge is 0.458 e. The molecule has 0 N–H and O–H groups in total. The molecular formula is C24H29N5O3Si. The third kappa shape index (κ3) is 5.04. The van der Waals surface area contributed by atoms with Gasteiger partial charge in [-0.25, -0.2) is 14.8 Å². The van der Waals surface area contributed by atoms with Gasteiger partial charge < -0.3 is 14.0 Å². The Morgan fingerprint density at radius 3 is 2.79 bits per heavy atom. The number of hydrogen-bond acceptors (Lipinski definition) is 6. The van der Waals surface area contributed by atoms with E-state index < -0.39 is 14.0 Å². The first-order valence-electron chi connectivity index (χ1n) is 10.9. The van der Waals surface area contributed by atoms with E-state index in [0.29, 0.717) is 35.6 Å². The van der Waals surface area contributed by atoms with Crippen molar-refractivity contribution in [1.82, 2.24) is 24.3 Å². The number of aromatic nitrogens is 5. The second-order valence-electron chi connectivity index (χ2n) is 9.24. The van der Waals surface area contributed by atoms with E-state index >= 15 is 0 Å². The highest BCUT2D eigenvalue weighted by Gasteiger charge is 2.22. The van der Waals surface area contributed by atoms with E-state index in [4.69, 9.17) is 9.47 Å². The van der Waals surface area contributed by atoms with Crippen LogP contribution in [0.5, 0.6) is 0 Å². The molecule has 0 radical (unpaired) electrons. The summed E-state index contributed by atoms with van der Waals surface area (Å²) in [6.45, 7) is 11.7. The van der Waals surface area contributed by atoms with Crippen molar-refractivity contribution in [2.75, 3.05) is 13.2 Å². The van der Waals surface area contributed by atoms with Crippen molar-refractivity contribution in [2.24, 2.45) is 7.05 Å². The molecule has 0 saturated heterocycles. The van der Waals surface area contributed by atoms with Crippen LogP contribution in [0.1, 0.15) is 10.4 Å². The van der Waals surface area contributed by atoms with Gasteiger partial charge >= 0.3 is 5.97 Å². The Labute approximate surface area is 193 Å². The van der Waals surface area contributed by atoms with E-state index in [0.717, 1.165) is 22.5 Å². The van der Waals surface area contributed by atoms with Gasteiger partial charge in [-0.05, 0) is 12.1 Å². The lowest BCUT2D eigenvalue weighted by Crippen LogP contribution is -2.22. The molecule has 9 heteroatoms. The lowest BCUT2D eigenvalue weighted by atomic mass is 10.1. The fraction of sp³-hybridized carbons (Fsp3) is 0.333. The summed E-state index contributed by atoms with van der Waals surface area (Å²) in [5.74, 6) is -0.448. The van der Waals surface area contributed by atoms with Gasteiger partial charge in [0.15, 0.2) is 0 Å². The molecule has 0 bridgehead atoms. The fourth-order valence-electron chi connectivity index (χ4n) is 3.64. The third-order valence-corrected chi connectivity index (χ3v) is 7.03. The van der Waals surface area contributed by atoms with Gasteiger partial charge in [0, 0.05) is 45.1 Å². The Kier molecular flexibility index (Phi) is 6.43. The minimum absolute atomic E-state index is 0.126. The summed E-state index contributed by atoms with van der Waals surface area (Å²) < 4.78 is 14.9. The number of rotatable bonds is 9. The topological polar surface area (TPSA) is 84.1 Å². The van der Waals surface area contributed by atoms with Crippen LogP contribution < -0.4 is 0 Å². The second-order valence-corrected chi connectivity index (χ2v) is 14.9. The Balaban J connectivity index is 1.77. The number of carbonyl (C=O) groups is 1. The van der Waals surface area contributed by atoms with Crippen LogP contribution in [0.2, 0.25) is 25.7 Å². The maximum atomic E-state index is 12.9. The van der Waals surface area contributed by atoms with Crippen LogP contribution in [0.25, 0.3) is 33.2 Å². The number of nitrogens with zero attached hydrogens (tertiary/aromatic N) is 5. The zero-order valence-corrected chi connectivity index (χ0v) is 20.5. The van der Waals surface area contributed by atoms with E-state index in [1.54, 1.807) is 17.0 Å². The van der Waals surface area contributed by atoms with Crippen molar-refractivity contribution in [3.05, 3.63) is 55.1 Å². The third-order valence-electron chi connectivity index (χ3n) is 5.33. The molecule has 0 aliphatic rings. The number of esters is 1. The minimum atomic E-state index is -1.20. The standard InChI is InChI=1S/C24H29N5O3Si/c1-6-9-32-24(30)19-14-29(16-31-10-11-33(3,4)5)23-21(19)22(25-15-26-23)17-7-8-18-13-28(2)27-20(18)12-17/h6-8,12-15H,1,9-11,16H2,2-5H3. The minimum Gasteiger partial charge on any atom is -0.458 e. The zero-order valence-electron chi connectivity index (χ0n) is 19.5. The van der Waals surface area contributed by atoms with Crippen LogP contribution in [0.15, 0.2) is 49.6 Å². The van der Waals surface area contributed by atoms with Crippen LogP contribution in [0.4, 0.5) is 0 Å². The second kappa shape index (κ2) is 9.28. The summed E-state index contributed by atoms with van der Waals surface area (Å²) in [5, 5.41) is 6.17. The Hall–Kier alpha value is -3.30. The molecule has 172 valence electrons. The summed E-state index contributed by atoms with van der Waals surface area (Å²) in [6, 6.07) is 7.01. The van der Waals surface area contributed by atoms with Gasteiger partial charge in [-0.2, -0.15) is 5.10 Å². The van der Waals surface area contributed by atoms with Crippen LogP contribution in [0, 0.1) is 0 Å². The zero-order chi connectivity index (χ0) is 23.6. The molecule has 0 aliphatic carbocycles. The monoisotopic (exact) mass is 463 g/mol. The fourth-order valence-corrected chi connectivity index (χ4v) is 4.39. The first kappa shape index (κ1) is 22.9. The maximum Gasteiger partial charge on any atom is 0.340 e. The average Bonchev–Trinajstić information content (AvgIpc) is 3.33. The Morgan fingerprint density at radius 2 is 2.03 bits per heavy atom. The molecule has 0 atom stereocenters. The highest BCUT2D eigenvalue weighted by Crippen LogP contribution is 2.32. The van der Waals surface area contributed by atoms with Crippen molar-refractivity contribution in [3.8, 4) is 11.3 Å². The predicted octanol–water partition coefficient (Wildman–Crippen LogP) is 4.64. The Bertz CT molecular complexity index is 1320. The predicted molar refractivity (Wildman–Crippen MR) is 132 cm³/mol. The number of fused-ring (bicyclic) bond motifs is 2. The van der Waals surface area contributed by atoms with Gasteiger partial charge in [-0.15, -0.1) is 0 Å². The van der Waals surface area contributed by atoms with E-state index in [1.165, 1.54) is 6.33 Å².